The maximum Gasteiger partial charge on any atom is 0.345 e. The van der Waals surface area contributed by atoms with Crippen molar-refractivity contribution < 1.29 is 27.5 Å². The molecule has 0 spiro atoms. The molecule has 0 saturated carbocycles. The average molecular weight is 401 g/mol. The third-order valence-corrected chi connectivity index (χ3v) is 5.69. The molecular formula is C17H27N3O6S. The molecule has 2 heterocycles. The molecule has 0 aromatic heterocycles. The summed E-state index contributed by atoms with van der Waals surface area (Å²) in [5, 5.41) is 2.65. The molecule has 1 N–H and O–H groups in total. The van der Waals surface area contributed by atoms with Crippen LogP contribution in [0.3, 0.4) is 0 Å². The van der Waals surface area contributed by atoms with E-state index in [9.17, 15) is 18.0 Å². The Bertz CT molecular complexity index is 773. The van der Waals surface area contributed by atoms with Crippen LogP contribution in [0.15, 0.2) is 16.2 Å². The summed E-state index contributed by atoms with van der Waals surface area (Å²) in [7, 11) is -3.93. The minimum absolute atomic E-state index is 0.0136. The van der Waals surface area contributed by atoms with Crippen LogP contribution in [-0.4, -0.2) is 62.2 Å². The van der Waals surface area contributed by atoms with E-state index in [1.807, 2.05) is 0 Å². The topological polar surface area (TPSA) is 114 Å². The molecule has 9 nitrogen and oxygen atoms in total. The van der Waals surface area contributed by atoms with Crippen molar-refractivity contribution in [2.24, 2.45) is 9.81 Å². The Hall–Kier alpha value is -1.94. The first-order valence-corrected chi connectivity index (χ1v) is 10.1. The van der Waals surface area contributed by atoms with E-state index in [0.29, 0.717) is 24.4 Å². The van der Waals surface area contributed by atoms with E-state index in [4.69, 9.17) is 9.47 Å². The zero-order valence-electron chi connectivity index (χ0n) is 16.4. The number of hydrogen-bond donors (Lipinski definition) is 1. The molecule has 2 aliphatic rings. The number of carbonyl (C=O) groups is 2. The molecule has 0 radical (unpaired) electrons. The second-order valence-corrected chi connectivity index (χ2v) is 9.38. The summed E-state index contributed by atoms with van der Waals surface area (Å²) in [6.07, 6.45) is 2.01. The van der Waals surface area contributed by atoms with Crippen LogP contribution in [0.25, 0.3) is 0 Å². The quantitative estimate of drug-likeness (QED) is 0.681. The average Bonchev–Trinajstić information content (AvgIpc) is 2.97. The summed E-state index contributed by atoms with van der Waals surface area (Å²) < 4.78 is 39.6. The predicted octanol–water partition coefficient (Wildman–Crippen LogP) is 0.776. The molecule has 152 valence electrons. The molecule has 10 heteroatoms. The Balaban J connectivity index is 2.03. The van der Waals surface area contributed by atoms with E-state index >= 15 is 0 Å². The lowest BCUT2D eigenvalue weighted by atomic mass is 9.87. The lowest BCUT2D eigenvalue weighted by Crippen LogP contribution is -2.48. The van der Waals surface area contributed by atoms with E-state index in [2.05, 4.69) is 9.71 Å². The number of hydrogen-bond acceptors (Lipinski definition) is 6. The van der Waals surface area contributed by atoms with E-state index in [0.717, 1.165) is 4.31 Å². The third-order valence-electron chi connectivity index (χ3n) is 4.20. The van der Waals surface area contributed by atoms with Gasteiger partial charge in [-0.15, -0.1) is 4.40 Å². The van der Waals surface area contributed by atoms with Crippen LogP contribution in [0.2, 0.25) is 0 Å². The van der Waals surface area contributed by atoms with Crippen LogP contribution in [0.1, 0.15) is 41.0 Å². The fraction of sp³-hybridized carbons (Fsp3) is 0.706. The van der Waals surface area contributed by atoms with E-state index in [-0.39, 0.29) is 13.2 Å². The van der Waals surface area contributed by atoms with Gasteiger partial charge in [-0.3, -0.25) is 9.59 Å². The van der Waals surface area contributed by atoms with Gasteiger partial charge < -0.3 is 14.8 Å². The second-order valence-electron chi connectivity index (χ2n) is 7.86. The van der Waals surface area contributed by atoms with Gasteiger partial charge in [-0.05, 0) is 47.1 Å². The molecule has 0 bridgehead atoms. The monoisotopic (exact) mass is 401 g/mol. The van der Waals surface area contributed by atoms with E-state index in [1.165, 1.54) is 0 Å². The fourth-order valence-corrected chi connectivity index (χ4v) is 4.05. The molecule has 1 amide bonds. The molecule has 1 unspecified atom stereocenters. The van der Waals surface area contributed by atoms with Crippen LogP contribution < -0.4 is 5.32 Å². The van der Waals surface area contributed by atoms with Crippen LogP contribution in [0, 0.1) is 5.41 Å². The molecule has 2 aliphatic heterocycles. The highest BCUT2D eigenvalue weighted by molar-refractivity contribution is 7.88. The number of carbonyl (C=O) groups excluding carboxylic acids is 2. The van der Waals surface area contributed by atoms with Crippen molar-refractivity contribution in [2.45, 2.75) is 46.6 Å². The maximum absolute atomic E-state index is 12.6. The summed E-state index contributed by atoms with van der Waals surface area (Å²) >= 11 is 0. The first kappa shape index (κ1) is 21.4. The lowest BCUT2D eigenvalue weighted by Gasteiger charge is -2.30. The van der Waals surface area contributed by atoms with Crippen LogP contribution in [0.5, 0.6) is 0 Å². The molecule has 27 heavy (non-hydrogen) atoms. The molecule has 0 aromatic rings. The third kappa shape index (κ3) is 5.29. The molecule has 0 aliphatic carbocycles. The Kier molecular flexibility index (Phi) is 6.00. The van der Waals surface area contributed by atoms with Crippen LogP contribution >= 0.6 is 0 Å². The van der Waals surface area contributed by atoms with Gasteiger partial charge in [0.25, 0.3) is 0 Å². The fourth-order valence-electron chi connectivity index (χ4n) is 2.84. The van der Waals surface area contributed by atoms with Crippen molar-refractivity contribution >= 4 is 27.8 Å². The number of nitrogens with one attached hydrogen (secondary N) is 1. The normalized spacial score (nSPS) is 24.9. The molecule has 1 saturated heterocycles. The zero-order valence-corrected chi connectivity index (χ0v) is 17.2. The van der Waals surface area contributed by atoms with Gasteiger partial charge in [0, 0.05) is 18.8 Å². The summed E-state index contributed by atoms with van der Waals surface area (Å²) in [5.41, 5.74) is -0.862. The van der Waals surface area contributed by atoms with Gasteiger partial charge >= 0.3 is 16.2 Å². The minimum Gasteiger partial charge on any atom is -0.459 e. The Morgan fingerprint density at radius 1 is 1.37 bits per heavy atom. The van der Waals surface area contributed by atoms with Gasteiger partial charge in [-0.25, -0.2) is 4.31 Å². The first-order chi connectivity index (χ1) is 12.3. The van der Waals surface area contributed by atoms with Crippen molar-refractivity contribution in [3.8, 4) is 0 Å². The molecule has 0 aromatic carbocycles. The number of allylic oxidation sites excluding steroid dienone is 2. The van der Waals surface area contributed by atoms with Crippen LogP contribution in [-0.2, 0) is 29.3 Å². The summed E-state index contributed by atoms with van der Waals surface area (Å²) in [4.78, 5) is 24.9. The highest BCUT2D eigenvalue weighted by atomic mass is 32.2. The summed E-state index contributed by atoms with van der Waals surface area (Å²) in [6.45, 7) is 8.62. The number of amides is 1. The summed E-state index contributed by atoms with van der Waals surface area (Å²) in [5.74, 6) is -0.967. The predicted molar refractivity (Wildman–Crippen MR) is 99.2 cm³/mol. The Labute approximate surface area is 160 Å². The molecular weight excluding hydrogens is 374 g/mol. The largest absolute Gasteiger partial charge is 0.459 e. The molecule has 1 atom stereocenters. The number of nitrogens with zero attached hydrogens (tertiary/aromatic N) is 2. The number of esters is 1. The maximum atomic E-state index is 12.6. The van der Waals surface area contributed by atoms with Gasteiger partial charge in [0.2, 0.25) is 5.91 Å². The second kappa shape index (κ2) is 7.59. The Morgan fingerprint density at radius 2 is 2.04 bits per heavy atom. The van der Waals surface area contributed by atoms with Gasteiger partial charge in [-0.1, -0.05) is 0 Å². The van der Waals surface area contributed by atoms with Crippen molar-refractivity contribution in [1.29, 1.82) is 0 Å². The standard InChI is InChI=1S/C17H27N3O6S/c1-12-8-13(2)20(27(23,24)19-12)9-14(21)18-10-17(6-7-25-11-17)15(22)26-16(3,4)5/h8H,6-7,9-11H2,1-5H3,(H,18,21). The van der Waals surface area contributed by atoms with Crippen LogP contribution in [0.4, 0.5) is 0 Å². The number of rotatable bonds is 5. The van der Waals surface area contributed by atoms with Gasteiger partial charge in [0.1, 0.15) is 17.6 Å². The van der Waals surface area contributed by atoms with Crippen molar-refractivity contribution in [3.63, 3.8) is 0 Å². The molecule has 1 fully saturated rings. The van der Waals surface area contributed by atoms with Crippen molar-refractivity contribution in [2.75, 3.05) is 26.3 Å². The highest BCUT2D eigenvalue weighted by Gasteiger charge is 2.45. The smallest absolute Gasteiger partial charge is 0.345 e. The van der Waals surface area contributed by atoms with E-state index < -0.39 is 39.6 Å². The first-order valence-electron chi connectivity index (χ1n) is 8.70. The van der Waals surface area contributed by atoms with Crippen molar-refractivity contribution in [3.05, 3.63) is 11.8 Å². The highest BCUT2D eigenvalue weighted by Crippen LogP contribution is 2.31. The van der Waals surface area contributed by atoms with E-state index in [1.54, 1.807) is 40.7 Å². The zero-order chi connectivity index (χ0) is 20.5. The SMILES string of the molecule is CC1=CC(C)=NS(=O)(=O)N1CC(=O)NCC1(C(=O)OC(C)(C)C)CCOC1. The number of ether oxygens (including phenoxy) is 2. The summed E-state index contributed by atoms with van der Waals surface area (Å²) in [6, 6.07) is 0. The van der Waals surface area contributed by atoms with Gasteiger partial charge in [0.15, 0.2) is 0 Å². The van der Waals surface area contributed by atoms with Crippen molar-refractivity contribution in [1.82, 2.24) is 9.62 Å². The lowest BCUT2D eigenvalue weighted by molar-refractivity contribution is -0.167. The van der Waals surface area contributed by atoms with Gasteiger partial charge in [-0.2, -0.15) is 8.42 Å². The molecule has 2 rings (SSSR count). The minimum atomic E-state index is -3.93. The Morgan fingerprint density at radius 3 is 2.56 bits per heavy atom. The van der Waals surface area contributed by atoms with Gasteiger partial charge in [0.05, 0.1) is 12.3 Å².